The van der Waals surface area contributed by atoms with Crippen molar-refractivity contribution in [2.75, 3.05) is 5.32 Å². The third-order valence-corrected chi connectivity index (χ3v) is 2.30. The summed E-state index contributed by atoms with van der Waals surface area (Å²) in [5, 5.41) is 11.8. The van der Waals surface area contributed by atoms with Gasteiger partial charge in [0.1, 0.15) is 11.5 Å². The molecule has 0 aliphatic carbocycles. The number of hydrogen-bond acceptors (Lipinski definition) is 2. The number of carboxylic acids is 1. The van der Waals surface area contributed by atoms with Gasteiger partial charge >= 0.3 is 5.97 Å². The smallest absolute Gasteiger partial charge is 0.352 e. The number of aromatic nitrogens is 1. The zero-order valence-corrected chi connectivity index (χ0v) is 8.90. The lowest BCUT2D eigenvalue weighted by Gasteiger charge is -2.04. The minimum atomic E-state index is -0.988. The maximum absolute atomic E-state index is 12.6. The molecule has 0 aliphatic heterocycles. The number of hydrogen-bond donors (Lipinski definition) is 3. The Hall–Kier alpha value is -2.30. The van der Waals surface area contributed by atoms with Crippen molar-refractivity contribution in [2.24, 2.45) is 0 Å². The third kappa shape index (κ3) is 2.84. The van der Waals surface area contributed by atoms with Crippen LogP contribution in [0, 0.1) is 5.82 Å². The van der Waals surface area contributed by atoms with E-state index in [0.29, 0.717) is 6.54 Å². The van der Waals surface area contributed by atoms with Crippen molar-refractivity contribution in [3.63, 3.8) is 0 Å². The number of H-pyrrole nitrogens is 1. The molecule has 0 spiro atoms. The number of nitrogens with one attached hydrogen (secondary N) is 2. The van der Waals surface area contributed by atoms with Gasteiger partial charge in [0, 0.05) is 11.4 Å². The van der Waals surface area contributed by atoms with Crippen LogP contribution in [-0.2, 0) is 6.54 Å². The van der Waals surface area contributed by atoms with Gasteiger partial charge in [0.2, 0.25) is 0 Å². The maximum Gasteiger partial charge on any atom is 0.352 e. The molecule has 0 amide bonds. The van der Waals surface area contributed by atoms with Crippen LogP contribution in [0.1, 0.15) is 16.2 Å². The molecule has 1 aromatic heterocycles. The van der Waals surface area contributed by atoms with E-state index in [-0.39, 0.29) is 11.5 Å². The molecule has 2 rings (SSSR count). The summed E-state index contributed by atoms with van der Waals surface area (Å²) in [4.78, 5) is 13.4. The van der Waals surface area contributed by atoms with Crippen LogP contribution in [0.4, 0.5) is 10.1 Å². The number of halogens is 1. The first kappa shape index (κ1) is 11.2. The van der Waals surface area contributed by atoms with Crippen LogP contribution in [0.3, 0.4) is 0 Å². The minimum Gasteiger partial charge on any atom is -0.477 e. The van der Waals surface area contributed by atoms with Gasteiger partial charge in [-0.05, 0) is 36.4 Å². The Morgan fingerprint density at radius 2 is 1.94 bits per heavy atom. The summed E-state index contributed by atoms with van der Waals surface area (Å²) in [6.45, 7) is 0.457. The highest BCUT2D eigenvalue weighted by atomic mass is 19.1. The van der Waals surface area contributed by atoms with E-state index in [9.17, 15) is 9.18 Å². The standard InChI is InChI=1S/C12H11FN2O2/c13-8-1-3-9(4-2-8)14-7-10-5-6-11(15-10)12(16)17/h1-6,14-15H,7H2,(H,16,17). The third-order valence-electron chi connectivity index (χ3n) is 2.30. The van der Waals surface area contributed by atoms with Crippen LogP contribution >= 0.6 is 0 Å². The first-order valence-corrected chi connectivity index (χ1v) is 5.06. The number of aromatic amines is 1. The predicted molar refractivity (Wildman–Crippen MR) is 61.5 cm³/mol. The Kier molecular flexibility index (Phi) is 3.09. The van der Waals surface area contributed by atoms with Gasteiger partial charge < -0.3 is 15.4 Å². The molecule has 88 valence electrons. The average Bonchev–Trinajstić information content (AvgIpc) is 2.77. The Bertz CT molecular complexity index is 520. The number of benzene rings is 1. The fourth-order valence-corrected chi connectivity index (χ4v) is 1.43. The van der Waals surface area contributed by atoms with Gasteiger partial charge in [-0.25, -0.2) is 9.18 Å². The van der Waals surface area contributed by atoms with Crippen LogP contribution in [0.15, 0.2) is 36.4 Å². The summed E-state index contributed by atoms with van der Waals surface area (Å²) in [5.41, 5.74) is 1.69. The van der Waals surface area contributed by atoms with E-state index in [0.717, 1.165) is 11.4 Å². The Labute approximate surface area is 97.1 Å². The molecule has 1 heterocycles. The number of aromatic carboxylic acids is 1. The molecule has 17 heavy (non-hydrogen) atoms. The van der Waals surface area contributed by atoms with Gasteiger partial charge in [0.15, 0.2) is 0 Å². The lowest BCUT2D eigenvalue weighted by Crippen LogP contribution is -2.01. The second-order valence-electron chi connectivity index (χ2n) is 3.56. The molecule has 0 saturated carbocycles. The summed E-state index contributed by atoms with van der Waals surface area (Å²) in [6.07, 6.45) is 0. The van der Waals surface area contributed by atoms with Crippen molar-refractivity contribution in [1.29, 1.82) is 0 Å². The molecular formula is C12H11FN2O2. The van der Waals surface area contributed by atoms with Crippen LogP contribution in [0.5, 0.6) is 0 Å². The van der Waals surface area contributed by atoms with Crippen molar-refractivity contribution in [2.45, 2.75) is 6.54 Å². The largest absolute Gasteiger partial charge is 0.477 e. The van der Waals surface area contributed by atoms with E-state index in [2.05, 4.69) is 10.3 Å². The summed E-state index contributed by atoms with van der Waals surface area (Å²) >= 11 is 0. The van der Waals surface area contributed by atoms with E-state index >= 15 is 0 Å². The normalized spacial score (nSPS) is 10.2. The SMILES string of the molecule is O=C(O)c1ccc(CNc2ccc(F)cc2)[nH]1. The van der Waals surface area contributed by atoms with Crippen molar-refractivity contribution in [1.82, 2.24) is 4.98 Å². The zero-order valence-electron chi connectivity index (χ0n) is 8.90. The van der Waals surface area contributed by atoms with E-state index in [1.54, 1.807) is 18.2 Å². The molecule has 2 aromatic rings. The fraction of sp³-hybridized carbons (Fsp3) is 0.0833. The van der Waals surface area contributed by atoms with Gasteiger partial charge in [-0.2, -0.15) is 0 Å². The highest BCUT2D eigenvalue weighted by molar-refractivity contribution is 5.85. The molecule has 3 N–H and O–H groups in total. The van der Waals surface area contributed by atoms with Gasteiger partial charge in [-0.15, -0.1) is 0 Å². The van der Waals surface area contributed by atoms with E-state index in [1.165, 1.54) is 18.2 Å². The van der Waals surface area contributed by atoms with Gasteiger partial charge in [-0.3, -0.25) is 0 Å². The molecule has 0 saturated heterocycles. The van der Waals surface area contributed by atoms with Gasteiger partial charge in [0.25, 0.3) is 0 Å². The molecule has 0 unspecified atom stereocenters. The van der Waals surface area contributed by atoms with Crippen LogP contribution in [-0.4, -0.2) is 16.1 Å². The summed E-state index contributed by atoms with van der Waals surface area (Å²) in [7, 11) is 0. The molecule has 1 aromatic carbocycles. The molecule has 5 heteroatoms. The van der Waals surface area contributed by atoms with Crippen molar-refractivity contribution < 1.29 is 14.3 Å². The van der Waals surface area contributed by atoms with E-state index in [1.807, 2.05) is 0 Å². The molecule has 4 nitrogen and oxygen atoms in total. The second kappa shape index (κ2) is 4.69. The first-order chi connectivity index (χ1) is 8.15. The Morgan fingerprint density at radius 1 is 1.24 bits per heavy atom. The molecule has 0 radical (unpaired) electrons. The van der Waals surface area contributed by atoms with Crippen molar-refractivity contribution in [3.05, 3.63) is 53.6 Å². The summed E-state index contributed by atoms with van der Waals surface area (Å²) < 4.78 is 12.6. The maximum atomic E-state index is 12.6. The van der Waals surface area contributed by atoms with Gasteiger partial charge in [-0.1, -0.05) is 0 Å². The van der Waals surface area contributed by atoms with Crippen molar-refractivity contribution >= 4 is 11.7 Å². The number of anilines is 1. The number of carbonyl (C=O) groups is 1. The molecular weight excluding hydrogens is 223 g/mol. The van der Waals surface area contributed by atoms with Crippen LogP contribution in [0.25, 0.3) is 0 Å². The lowest BCUT2D eigenvalue weighted by molar-refractivity contribution is 0.0691. The van der Waals surface area contributed by atoms with E-state index in [4.69, 9.17) is 5.11 Å². The Balaban J connectivity index is 1.97. The molecule has 0 bridgehead atoms. The van der Waals surface area contributed by atoms with Gasteiger partial charge in [0.05, 0.1) is 6.54 Å². The van der Waals surface area contributed by atoms with E-state index < -0.39 is 5.97 Å². The average molecular weight is 234 g/mol. The summed E-state index contributed by atoms with van der Waals surface area (Å²) in [6, 6.07) is 9.16. The quantitative estimate of drug-likeness (QED) is 0.761. The molecule has 0 fully saturated rings. The number of rotatable bonds is 4. The molecule has 0 atom stereocenters. The molecule has 0 aliphatic rings. The monoisotopic (exact) mass is 234 g/mol. The highest BCUT2D eigenvalue weighted by Crippen LogP contribution is 2.10. The van der Waals surface area contributed by atoms with Crippen LogP contribution in [0.2, 0.25) is 0 Å². The van der Waals surface area contributed by atoms with Crippen LogP contribution < -0.4 is 5.32 Å². The summed E-state index contributed by atoms with van der Waals surface area (Å²) in [5.74, 6) is -1.28. The lowest BCUT2D eigenvalue weighted by atomic mass is 10.3. The second-order valence-corrected chi connectivity index (χ2v) is 3.56. The Morgan fingerprint density at radius 3 is 2.53 bits per heavy atom. The first-order valence-electron chi connectivity index (χ1n) is 5.06. The fourth-order valence-electron chi connectivity index (χ4n) is 1.43. The number of carboxylic acid groups (broad SMARTS) is 1. The van der Waals surface area contributed by atoms with Crippen molar-refractivity contribution in [3.8, 4) is 0 Å². The minimum absolute atomic E-state index is 0.154. The predicted octanol–water partition coefficient (Wildman–Crippen LogP) is 2.46. The zero-order chi connectivity index (χ0) is 12.3. The topological polar surface area (TPSA) is 65.1 Å². The highest BCUT2D eigenvalue weighted by Gasteiger charge is 2.05.